The van der Waals surface area contributed by atoms with Gasteiger partial charge < -0.3 is 9.64 Å². The van der Waals surface area contributed by atoms with Crippen molar-refractivity contribution in [3.8, 4) is 0 Å². The highest BCUT2D eigenvalue weighted by molar-refractivity contribution is 7.12. The Balaban J connectivity index is 1.59. The Hall–Kier alpha value is -1.24. The van der Waals surface area contributed by atoms with Gasteiger partial charge in [-0.1, -0.05) is 0 Å². The van der Waals surface area contributed by atoms with Crippen molar-refractivity contribution in [3.63, 3.8) is 0 Å². The minimum Gasteiger partial charge on any atom is -0.383 e. The third-order valence-corrected chi connectivity index (χ3v) is 6.09. The van der Waals surface area contributed by atoms with Crippen LogP contribution < -0.4 is 0 Å². The van der Waals surface area contributed by atoms with Crippen molar-refractivity contribution in [1.82, 2.24) is 9.80 Å². The number of likely N-dealkylation sites (tertiary alicyclic amines) is 2. The van der Waals surface area contributed by atoms with Crippen molar-refractivity contribution in [3.05, 3.63) is 21.9 Å². The van der Waals surface area contributed by atoms with Crippen LogP contribution >= 0.6 is 11.3 Å². The summed E-state index contributed by atoms with van der Waals surface area (Å²) in [4.78, 5) is 29.2. The van der Waals surface area contributed by atoms with E-state index in [-0.39, 0.29) is 11.2 Å². The minimum atomic E-state index is -0.187. The van der Waals surface area contributed by atoms with Crippen LogP contribution in [0.1, 0.15) is 35.0 Å². The van der Waals surface area contributed by atoms with E-state index >= 15 is 0 Å². The predicted octanol–water partition coefficient (Wildman–Crippen LogP) is 2.02. The summed E-state index contributed by atoms with van der Waals surface area (Å²) < 4.78 is 5.09. The number of amides is 1. The van der Waals surface area contributed by atoms with Crippen molar-refractivity contribution in [2.45, 2.75) is 26.3 Å². The lowest BCUT2D eigenvalue weighted by Crippen LogP contribution is -2.38. The van der Waals surface area contributed by atoms with Crippen LogP contribution in [-0.2, 0) is 16.1 Å². The van der Waals surface area contributed by atoms with Crippen LogP contribution in [0.25, 0.3) is 0 Å². The van der Waals surface area contributed by atoms with Gasteiger partial charge in [0.05, 0.1) is 16.9 Å². The molecular formula is C17H24N2O3S. The number of hydrogen-bond acceptors (Lipinski definition) is 5. The molecule has 23 heavy (non-hydrogen) atoms. The molecule has 3 heterocycles. The number of ketones is 1. The van der Waals surface area contributed by atoms with Gasteiger partial charge in [0.2, 0.25) is 5.91 Å². The van der Waals surface area contributed by atoms with Crippen molar-refractivity contribution >= 4 is 23.0 Å². The Bertz CT molecular complexity index is 600. The fourth-order valence-corrected chi connectivity index (χ4v) is 4.49. The van der Waals surface area contributed by atoms with Crippen LogP contribution in [0.4, 0.5) is 0 Å². The van der Waals surface area contributed by atoms with Gasteiger partial charge in [-0.25, -0.2) is 0 Å². The van der Waals surface area contributed by atoms with Crippen LogP contribution in [0.3, 0.4) is 0 Å². The van der Waals surface area contributed by atoms with E-state index in [4.69, 9.17) is 4.74 Å². The molecule has 0 N–H and O–H groups in total. The molecule has 0 aromatic carbocycles. The molecule has 6 heteroatoms. The van der Waals surface area contributed by atoms with Crippen molar-refractivity contribution in [1.29, 1.82) is 0 Å². The molecule has 2 saturated heterocycles. The largest absolute Gasteiger partial charge is 0.383 e. The first-order chi connectivity index (χ1) is 11.0. The molecule has 126 valence electrons. The van der Waals surface area contributed by atoms with E-state index in [1.54, 1.807) is 14.0 Å². The van der Waals surface area contributed by atoms with Gasteiger partial charge in [0, 0.05) is 33.3 Å². The molecule has 1 aromatic heterocycles. The maximum Gasteiger partial charge on any atom is 0.230 e. The zero-order chi connectivity index (χ0) is 16.4. The molecule has 5 nitrogen and oxygen atoms in total. The number of methoxy groups -OCH3 is 1. The van der Waals surface area contributed by atoms with Gasteiger partial charge in [-0.15, -0.1) is 11.3 Å². The Kier molecular flexibility index (Phi) is 4.85. The normalized spacial score (nSPS) is 25.0. The number of Topliss-reactive ketones (excluding diaryl/α,β-unsaturated/α-hetero) is 1. The molecule has 2 aliphatic heterocycles. The Morgan fingerprint density at radius 1 is 1.39 bits per heavy atom. The number of thiophene rings is 1. The Labute approximate surface area is 141 Å². The quantitative estimate of drug-likeness (QED) is 0.746. The maximum atomic E-state index is 12.7. The van der Waals surface area contributed by atoms with Crippen molar-refractivity contribution < 1.29 is 14.3 Å². The van der Waals surface area contributed by atoms with E-state index < -0.39 is 0 Å². The number of hydrogen-bond donors (Lipinski definition) is 0. The van der Waals surface area contributed by atoms with Gasteiger partial charge in [0.1, 0.15) is 0 Å². The third-order valence-electron chi connectivity index (χ3n) is 5.01. The fourth-order valence-electron chi connectivity index (χ4n) is 3.68. The highest BCUT2D eigenvalue weighted by Crippen LogP contribution is 2.41. The van der Waals surface area contributed by atoms with Crippen LogP contribution in [0.5, 0.6) is 0 Å². The molecule has 0 radical (unpaired) electrons. The Morgan fingerprint density at radius 2 is 2.17 bits per heavy atom. The first kappa shape index (κ1) is 16.6. The van der Waals surface area contributed by atoms with Crippen LogP contribution in [0.2, 0.25) is 0 Å². The summed E-state index contributed by atoms with van der Waals surface area (Å²) in [5.74, 6) is 0.422. The van der Waals surface area contributed by atoms with E-state index in [1.807, 2.05) is 11.0 Å². The van der Waals surface area contributed by atoms with E-state index in [1.165, 1.54) is 16.9 Å². The lowest BCUT2D eigenvalue weighted by Gasteiger charge is -2.23. The average Bonchev–Trinajstić information content (AvgIpc) is 3.21. The molecule has 0 aliphatic carbocycles. The van der Waals surface area contributed by atoms with Gasteiger partial charge in [-0.05, 0) is 43.3 Å². The molecule has 0 saturated carbocycles. The molecule has 1 aromatic rings. The number of rotatable bonds is 6. The molecule has 1 unspecified atom stereocenters. The van der Waals surface area contributed by atoms with E-state index in [9.17, 15) is 9.59 Å². The zero-order valence-electron chi connectivity index (χ0n) is 13.8. The standard InChI is InChI=1S/C17H24N2O3S/c1-13(20)15-9-14(11-23-15)10-18-5-3-17(12-18)4-6-19(16(17)21)7-8-22-2/h9,11H,3-8,10,12H2,1-2H3. The lowest BCUT2D eigenvalue weighted by molar-refractivity contribution is -0.136. The number of nitrogens with zero attached hydrogens (tertiary/aromatic N) is 2. The predicted molar refractivity (Wildman–Crippen MR) is 89.7 cm³/mol. The number of ether oxygens (including phenoxy) is 1. The average molecular weight is 336 g/mol. The van der Waals surface area contributed by atoms with E-state index in [0.717, 1.165) is 43.9 Å². The van der Waals surface area contributed by atoms with Gasteiger partial charge in [0.15, 0.2) is 5.78 Å². The van der Waals surface area contributed by atoms with Crippen molar-refractivity contribution in [2.24, 2.45) is 5.41 Å². The topological polar surface area (TPSA) is 49.9 Å². The van der Waals surface area contributed by atoms with Crippen LogP contribution in [-0.4, -0.2) is 61.4 Å². The molecule has 2 aliphatic rings. The summed E-state index contributed by atoms with van der Waals surface area (Å²) in [6, 6.07) is 1.99. The zero-order valence-corrected chi connectivity index (χ0v) is 14.7. The summed E-state index contributed by atoms with van der Waals surface area (Å²) in [7, 11) is 1.67. The van der Waals surface area contributed by atoms with E-state index in [0.29, 0.717) is 19.1 Å². The van der Waals surface area contributed by atoms with Gasteiger partial charge in [0.25, 0.3) is 0 Å². The molecule has 0 bridgehead atoms. The van der Waals surface area contributed by atoms with Gasteiger partial charge >= 0.3 is 0 Å². The summed E-state index contributed by atoms with van der Waals surface area (Å²) in [5.41, 5.74) is 0.992. The summed E-state index contributed by atoms with van der Waals surface area (Å²) in [6.45, 7) is 6.37. The number of carbonyl (C=O) groups excluding carboxylic acids is 2. The van der Waals surface area contributed by atoms with Crippen LogP contribution in [0.15, 0.2) is 11.4 Å². The molecule has 2 fully saturated rings. The lowest BCUT2D eigenvalue weighted by atomic mass is 9.85. The van der Waals surface area contributed by atoms with Crippen molar-refractivity contribution in [2.75, 3.05) is 39.9 Å². The highest BCUT2D eigenvalue weighted by atomic mass is 32.1. The highest BCUT2D eigenvalue weighted by Gasteiger charge is 2.50. The second-order valence-corrected chi connectivity index (χ2v) is 7.56. The molecule has 1 amide bonds. The second-order valence-electron chi connectivity index (χ2n) is 6.65. The minimum absolute atomic E-state index is 0.124. The monoisotopic (exact) mass is 336 g/mol. The van der Waals surface area contributed by atoms with Gasteiger partial charge in [-0.3, -0.25) is 14.5 Å². The smallest absolute Gasteiger partial charge is 0.230 e. The summed E-state index contributed by atoms with van der Waals surface area (Å²) >= 11 is 1.51. The van der Waals surface area contributed by atoms with Crippen LogP contribution in [0, 0.1) is 5.41 Å². The first-order valence-corrected chi connectivity index (χ1v) is 9.01. The SMILES string of the molecule is COCCN1CCC2(CCN(Cc3csc(C(C)=O)c3)C2)C1=O. The van der Waals surface area contributed by atoms with E-state index in [2.05, 4.69) is 10.3 Å². The molecule has 1 atom stereocenters. The maximum absolute atomic E-state index is 12.7. The fraction of sp³-hybridized carbons (Fsp3) is 0.647. The third kappa shape index (κ3) is 3.34. The second kappa shape index (κ2) is 6.71. The molecule has 3 rings (SSSR count). The first-order valence-electron chi connectivity index (χ1n) is 8.13. The molecule has 1 spiro atoms. The molecular weight excluding hydrogens is 312 g/mol. The number of carbonyl (C=O) groups is 2. The van der Waals surface area contributed by atoms with Gasteiger partial charge in [-0.2, -0.15) is 0 Å². The Morgan fingerprint density at radius 3 is 2.87 bits per heavy atom. The summed E-state index contributed by atoms with van der Waals surface area (Å²) in [6.07, 6.45) is 1.90. The summed E-state index contributed by atoms with van der Waals surface area (Å²) in [5, 5.41) is 2.06.